The summed E-state index contributed by atoms with van der Waals surface area (Å²) in [5, 5.41) is 0. The van der Waals surface area contributed by atoms with Gasteiger partial charge in [-0.1, -0.05) is 32.9 Å². The molecule has 2 aromatic rings. The van der Waals surface area contributed by atoms with E-state index in [0.717, 1.165) is 36.6 Å². The number of hydrogen-bond donors (Lipinski definition) is 0. The first kappa shape index (κ1) is 21.1. The first-order valence-electron chi connectivity index (χ1n) is 10.4. The van der Waals surface area contributed by atoms with E-state index in [9.17, 15) is 4.79 Å². The molecule has 1 aliphatic rings. The van der Waals surface area contributed by atoms with Crippen LogP contribution in [0.2, 0.25) is 0 Å². The number of anilines is 1. The van der Waals surface area contributed by atoms with Gasteiger partial charge in [0, 0.05) is 25.6 Å². The highest BCUT2D eigenvalue weighted by atomic mass is 16.5. The highest BCUT2D eigenvalue weighted by Gasteiger charge is 2.25. The van der Waals surface area contributed by atoms with Crippen LogP contribution in [-0.4, -0.2) is 41.6 Å². The molecule has 0 bridgehead atoms. The summed E-state index contributed by atoms with van der Waals surface area (Å²) >= 11 is 0. The van der Waals surface area contributed by atoms with Gasteiger partial charge in [0.15, 0.2) is 0 Å². The smallest absolute Gasteiger partial charge is 0.318 e. The van der Waals surface area contributed by atoms with Gasteiger partial charge in [-0.2, -0.15) is 4.98 Å². The molecule has 0 unspecified atom stereocenters. The minimum absolute atomic E-state index is 0.116. The van der Waals surface area contributed by atoms with Crippen LogP contribution in [0, 0.1) is 5.92 Å². The fourth-order valence-electron chi connectivity index (χ4n) is 3.47. The number of nitrogens with zero attached hydrogens (tertiary/aromatic N) is 3. The Hall–Kier alpha value is -2.63. The molecule has 0 saturated carbocycles. The summed E-state index contributed by atoms with van der Waals surface area (Å²) in [6.45, 7) is 10.2. The van der Waals surface area contributed by atoms with Crippen LogP contribution < -0.4 is 14.4 Å². The Bertz CT molecular complexity index is 807. The molecular formula is C23H31N3O3. The van der Waals surface area contributed by atoms with Crippen molar-refractivity contribution in [3.63, 3.8) is 0 Å². The highest BCUT2D eigenvalue weighted by molar-refractivity contribution is 5.76. The Morgan fingerprint density at radius 2 is 1.97 bits per heavy atom. The van der Waals surface area contributed by atoms with Gasteiger partial charge in [-0.3, -0.25) is 0 Å². The van der Waals surface area contributed by atoms with Crippen molar-refractivity contribution in [2.75, 3.05) is 24.6 Å². The van der Waals surface area contributed by atoms with Crippen LogP contribution in [0.25, 0.3) is 0 Å². The second-order valence-electron chi connectivity index (χ2n) is 8.25. The van der Waals surface area contributed by atoms with Crippen molar-refractivity contribution in [1.82, 2.24) is 9.97 Å². The average molecular weight is 398 g/mol. The third kappa shape index (κ3) is 6.17. The second kappa shape index (κ2) is 9.72. The summed E-state index contributed by atoms with van der Waals surface area (Å²) in [6, 6.07) is 10.4. The fraction of sp³-hybridized carbons (Fsp3) is 0.522. The van der Waals surface area contributed by atoms with Gasteiger partial charge in [-0.15, -0.1) is 0 Å². The van der Waals surface area contributed by atoms with Crippen molar-refractivity contribution in [3.8, 4) is 11.8 Å². The lowest BCUT2D eigenvalue weighted by Gasteiger charge is -2.19. The van der Waals surface area contributed by atoms with E-state index in [0.29, 0.717) is 25.0 Å². The zero-order valence-corrected chi connectivity index (χ0v) is 17.8. The van der Waals surface area contributed by atoms with Gasteiger partial charge in [-0.25, -0.2) is 4.98 Å². The number of ether oxygens (including phenoxy) is 2. The number of carbonyl (C=O) groups is 1. The molecule has 1 aromatic carbocycles. The molecule has 3 rings (SSSR count). The topological polar surface area (TPSA) is 64.5 Å². The maximum atomic E-state index is 11.3. The van der Waals surface area contributed by atoms with E-state index < -0.39 is 0 Å². The van der Waals surface area contributed by atoms with E-state index in [1.165, 1.54) is 0 Å². The van der Waals surface area contributed by atoms with Crippen LogP contribution in [0.4, 0.5) is 5.82 Å². The molecule has 1 saturated heterocycles. The normalized spacial score (nSPS) is 17.4. The monoisotopic (exact) mass is 397 g/mol. The van der Waals surface area contributed by atoms with Gasteiger partial charge in [0.05, 0.1) is 13.2 Å². The van der Waals surface area contributed by atoms with Crippen molar-refractivity contribution < 1.29 is 14.3 Å². The first-order valence-corrected chi connectivity index (χ1v) is 10.4. The lowest BCUT2D eigenvalue weighted by atomic mass is 9.96. The fourth-order valence-corrected chi connectivity index (χ4v) is 3.47. The van der Waals surface area contributed by atoms with Crippen molar-refractivity contribution in [1.29, 1.82) is 0 Å². The van der Waals surface area contributed by atoms with E-state index in [2.05, 4.69) is 47.8 Å². The van der Waals surface area contributed by atoms with Gasteiger partial charge in [0.1, 0.15) is 23.5 Å². The maximum absolute atomic E-state index is 11.3. The van der Waals surface area contributed by atoms with Gasteiger partial charge < -0.3 is 19.2 Å². The van der Waals surface area contributed by atoms with Gasteiger partial charge >= 0.3 is 6.01 Å². The van der Waals surface area contributed by atoms with E-state index in [1.807, 2.05) is 18.2 Å². The number of Topliss-reactive ketones (excluding diaryl/α,β-unsaturated/α-hetero) is 1. The summed E-state index contributed by atoms with van der Waals surface area (Å²) in [7, 11) is 0. The predicted octanol–water partition coefficient (Wildman–Crippen LogP) is 4.25. The van der Waals surface area contributed by atoms with Crippen molar-refractivity contribution in [2.45, 2.75) is 52.6 Å². The molecule has 6 nitrogen and oxygen atoms in total. The lowest BCUT2D eigenvalue weighted by Crippen LogP contribution is -2.25. The molecule has 0 aliphatic carbocycles. The third-order valence-electron chi connectivity index (χ3n) is 4.98. The Balaban J connectivity index is 1.55. The quantitative estimate of drug-likeness (QED) is 0.630. The van der Waals surface area contributed by atoms with Crippen LogP contribution in [0.3, 0.4) is 0 Å². The summed E-state index contributed by atoms with van der Waals surface area (Å²) in [4.78, 5) is 22.2. The highest BCUT2D eigenvalue weighted by Crippen LogP contribution is 2.26. The third-order valence-corrected chi connectivity index (χ3v) is 4.98. The van der Waals surface area contributed by atoms with Gasteiger partial charge in [0.2, 0.25) is 0 Å². The number of hydrogen-bond acceptors (Lipinski definition) is 6. The molecule has 6 heteroatoms. The van der Waals surface area contributed by atoms with Crippen molar-refractivity contribution in [3.05, 3.63) is 42.1 Å². The lowest BCUT2D eigenvalue weighted by molar-refractivity contribution is -0.117. The standard InChI is InChI=1S/C23H31N3O3/c1-16(2)15-28-23-24-11-9-22(25-23)26-12-10-21(14-26)29-20-7-5-19(6-8-20)17(3)13-18(4)27/h5-9,11,16-17,21H,10,12-15H2,1-4H3/t17-,21-/m1/s1. The maximum Gasteiger partial charge on any atom is 0.318 e. The van der Waals surface area contributed by atoms with E-state index in [1.54, 1.807) is 13.1 Å². The van der Waals surface area contributed by atoms with Crippen LogP contribution in [0.5, 0.6) is 11.8 Å². The average Bonchev–Trinajstić information content (AvgIpc) is 3.15. The number of aromatic nitrogens is 2. The molecule has 1 fully saturated rings. The number of carbonyl (C=O) groups excluding carboxylic acids is 1. The number of benzene rings is 1. The van der Waals surface area contributed by atoms with Crippen LogP contribution in [0.15, 0.2) is 36.5 Å². The van der Waals surface area contributed by atoms with Crippen molar-refractivity contribution >= 4 is 11.6 Å². The van der Waals surface area contributed by atoms with Gasteiger partial charge in [0.25, 0.3) is 0 Å². The van der Waals surface area contributed by atoms with Crippen LogP contribution in [-0.2, 0) is 4.79 Å². The van der Waals surface area contributed by atoms with E-state index >= 15 is 0 Å². The van der Waals surface area contributed by atoms with E-state index in [4.69, 9.17) is 9.47 Å². The molecule has 1 aliphatic heterocycles. The predicted molar refractivity (Wildman–Crippen MR) is 114 cm³/mol. The Kier molecular flexibility index (Phi) is 7.07. The Labute approximate surface area is 173 Å². The molecule has 156 valence electrons. The number of rotatable bonds is 9. The zero-order valence-electron chi connectivity index (χ0n) is 17.8. The van der Waals surface area contributed by atoms with Crippen molar-refractivity contribution in [2.24, 2.45) is 5.92 Å². The molecule has 0 radical (unpaired) electrons. The Morgan fingerprint density at radius 3 is 2.66 bits per heavy atom. The summed E-state index contributed by atoms with van der Waals surface area (Å²) in [5.74, 6) is 2.61. The molecule has 2 heterocycles. The molecule has 0 amide bonds. The first-order chi connectivity index (χ1) is 13.9. The summed E-state index contributed by atoms with van der Waals surface area (Å²) in [6.07, 6.45) is 3.37. The van der Waals surface area contributed by atoms with Crippen LogP contribution in [0.1, 0.15) is 52.0 Å². The SMILES string of the molecule is CC(=O)C[C@@H](C)c1ccc(O[C@@H]2CCN(c3ccnc(OCC(C)C)n3)C2)cc1. The molecule has 2 atom stereocenters. The molecule has 0 spiro atoms. The molecular weight excluding hydrogens is 366 g/mol. The second-order valence-corrected chi connectivity index (χ2v) is 8.25. The molecule has 0 N–H and O–H groups in total. The van der Waals surface area contributed by atoms with E-state index in [-0.39, 0.29) is 17.8 Å². The number of ketones is 1. The largest absolute Gasteiger partial charge is 0.489 e. The molecule has 1 aromatic heterocycles. The summed E-state index contributed by atoms with van der Waals surface area (Å²) < 4.78 is 11.8. The molecule has 29 heavy (non-hydrogen) atoms. The minimum Gasteiger partial charge on any atom is -0.489 e. The minimum atomic E-state index is 0.116. The summed E-state index contributed by atoms with van der Waals surface area (Å²) in [5.41, 5.74) is 1.16. The Morgan fingerprint density at radius 1 is 1.21 bits per heavy atom. The van der Waals surface area contributed by atoms with Crippen LogP contribution >= 0.6 is 0 Å². The van der Waals surface area contributed by atoms with Gasteiger partial charge in [-0.05, 0) is 42.5 Å². The zero-order chi connectivity index (χ0) is 20.8.